The molecule has 0 aliphatic heterocycles. The highest BCUT2D eigenvalue weighted by atomic mass is 15.2. The van der Waals surface area contributed by atoms with Crippen molar-refractivity contribution in [2.24, 2.45) is 0 Å². The van der Waals surface area contributed by atoms with Gasteiger partial charge in [0.15, 0.2) is 11.4 Å². The molecule has 0 saturated heterocycles. The van der Waals surface area contributed by atoms with Crippen molar-refractivity contribution in [3.05, 3.63) is 74.4 Å². The number of benzene rings is 1. The molecule has 3 aromatic heterocycles. The Bertz CT molecular complexity index is 1050. The predicted molar refractivity (Wildman–Crippen MR) is 102 cm³/mol. The van der Waals surface area contributed by atoms with Crippen LogP contribution in [0.5, 0.6) is 0 Å². The van der Waals surface area contributed by atoms with Crippen LogP contribution in [-0.4, -0.2) is 13.7 Å². The van der Waals surface area contributed by atoms with Crippen molar-refractivity contribution in [1.29, 1.82) is 0 Å². The van der Waals surface area contributed by atoms with E-state index < -0.39 is 0 Å². The molecule has 0 unspecified atom stereocenters. The Labute approximate surface area is 159 Å². The number of imidazole rings is 3. The molecule has 0 amide bonds. The van der Waals surface area contributed by atoms with Gasteiger partial charge < -0.3 is 0 Å². The minimum atomic E-state index is 0.954. The zero-order valence-electron chi connectivity index (χ0n) is 16.2. The Morgan fingerprint density at radius 3 is 1.63 bits per heavy atom. The van der Waals surface area contributed by atoms with Crippen molar-refractivity contribution in [2.75, 3.05) is 0 Å². The zero-order valence-corrected chi connectivity index (χ0v) is 16.2. The molecule has 3 heterocycles. The highest BCUT2D eigenvalue weighted by molar-refractivity contribution is 5.57. The zero-order chi connectivity index (χ0) is 18.8. The second-order valence-corrected chi connectivity index (χ2v) is 6.63. The molecule has 0 saturated carbocycles. The summed E-state index contributed by atoms with van der Waals surface area (Å²) in [5, 5.41) is 0. The average molecular weight is 363 g/mol. The molecule has 0 fully saturated rings. The SMILES string of the molecule is CC[n+]1ccn(-c2ccc(-n3cc[n+](CC)c3)c(-n3cc[n+](CC)c3)c2)c1. The van der Waals surface area contributed by atoms with Gasteiger partial charge in [0.05, 0.1) is 19.6 Å². The largest absolute Gasteiger partial charge is 0.249 e. The first kappa shape index (κ1) is 17.3. The summed E-state index contributed by atoms with van der Waals surface area (Å²) in [6, 6.07) is 6.61. The highest BCUT2D eigenvalue weighted by Gasteiger charge is 2.20. The molecule has 4 rings (SSSR count). The van der Waals surface area contributed by atoms with Gasteiger partial charge in [0, 0.05) is 6.07 Å². The maximum Gasteiger partial charge on any atom is 0.249 e. The predicted octanol–water partition coefficient (Wildman–Crippen LogP) is 1.98. The first-order valence-corrected chi connectivity index (χ1v) is 9.58. The second kappa shape index (κ2) is 7.23. The molecular weight excluding hydrogens is 336 g/mol. The normalized spacial score (nSPS) is 11.2. The highest BCUT2D eigenvalue weighted by Crippen LogP contribution is 2.22. The van der Waals surface area contributed by atoms with Gasteiger partial charge in [-0.15, -0.1) is 0 Å². The summed E-state index contributed by atoms with van der Waals surface area (Å²) in [4.78, 5) is 0. The number of aryl methyl sites for hydroxylation is 3. The van der Waals surface area contributed by atoms with E-state index in [0.29, 0.717) is 0 Å². The Hall–Kier alpha value is -3.15. The topological polar surface area (TPSA) is 26.4 Å². The molecule has 27 heavy (non-hydrogen) atoms. The summed E-state index contributed by atoms with van der Waals surface area (Å²) in [5.41, 5.74) is 3.45. The lowest BCUT2D eigenvalue weighted by Gasteiger charge is -2.04. The number of hydrogen-bond donors (Lipinski definition) is 0. The van der Waals surface area contributed by atoms with E-state index in [1.165, 1.54) is 0 Å². The van der Waals surface area contributed by atoms with Crippen LogP contribution in [0, 0.1) is 0 Å². The average Bonchev–Trinajstić information content (AvgIpc) is 3.47. The molecule has 6 nitrogen and oxygen atoms in total. The Balaban J connectivity index is 1.85. The molecular formula is C21H27N6+3. The summed E-state index contributed by atoms with van der Waals surface area (Å²) < 4.78 is 13.1. The van der Waals surface area contributed by atoms with Crippen molar-refractivity contribution in [2.45, 2.75) is 40.4 Å². The van der Waals surface area contributed by atoms with Crippen molar-refractivity contribution >= 4 is 0 Å². The van der Waals surface area contributed by atoms with Crippen LogP contribution in [0.2, 0.25) is 0 Å². The van der Waals surface area contributed by atoms with Gasteiger partial charge in [0.25, 0.3) is 0 Å². The summed E-state index contributed by atoms with van der Waals surface area (Å²) in [7, 11) is 0. The lowest BCUT2D eigenvalue weighted by molar-refractivity contribution is -0.693. The first-order valence-electron chi connectivity index (χ1n) is 9.58. The molecule has 0 aliphatic rings. The van der Waals surface area contributed by atoms with Crippen LogP contribution in [0.3, 0.4) is 0 Å². The van der Waals surface area contributed by atoms with Crippen molar-refractivity contribution < 1.29 is 13.7 Å². The van der Waals surface area contributed by atoms with E-state index in [-0.39, 0.29) is 0 Å². The standard InChI is InChI=1S/C21H27N6/c1-4-22-9-12-25(16-22)19-7-8-20(26-13-10-23(5-2)17-26)21(15-19)27-14-11-24(6-3)18-27/h7-18H,4-6H2,1-3H3/q+3. The summed E-state index contributed by atoms with van der Waals surface area (Å²) >= 11 is 0. The number of hydrogen-bond acceptors (Lipinski definition) is 0. The van der Waals surface area contributed by atoms with Gasteiger partial charge in [-0.2, -0.15) is 9.13 Å². The molecule has 138 valence electrons. The van der Waals surface area contributed by atoms with Crippen molar-refractivity contribution in [3.63, 3.8) is 0 Å². The molecule has 0 aliphatic carbocycles. The van der Waals surface area contributed by atoms with Gasteiger partial charge in [-0.1, -0.05) is 0 Å². The van der Waals surface area contributed by atoms with E-state index in [1.807, 2.05) is 0 Å². The lowest BCUT2D eigenvalue weighted by atomic mass is 10.2. The third-order valence-corrected chi connectivity index (χ3v) is 4.98. The number of nitrogens with zero attached hydrogens (tertiary/aromatic N) is 6. The summed E-state index contributed by atoms with van der Waals surface area (Å²) in [5.74, 6) is 0. The molecule has 0 bridgehead atoms. The molecule has 6 heteroatoms. The van der Waals surface area contributed by atoms with Crippen molar-refractivity contribution in [1.82, 2.24) is 13.7 Å². The van der Waals surface area contributed by atoms with Crippen LogP contribution >= 0.6 is 0 Å². The minimum Gasteiger partial charge on any atom is -0.237 e. The van der Waals surface area contributed by atoms with Crippen LogP contribution in [0.4, 0.5) is 0 Å². The van der Waals surface area contributed by atoms with Gasteiger partial charge in [-0.25, -0.2) is 18.3 Å². The Morgan fingerprint density at radius 2 is 1.11 bits per heavy atom. The maximum atomic E-state index is 2.24. The maximum absolute atomic E-state index is 2.24. The fraction of sp³-hybridized carbons (Fsp3) is 0.286. The van der Waals surface area contributed by atoms with E-state index in [2.05, 4.69) is 123 Å². The smallest absolute Gasteiger partial charge is 0.237 e. The minimum absolute atomic E-state index is 0.954. The third kappa shape index (κ3) is 3.30. The van der Waals surface area contributed by atoms with Crippen LogP contribution in [0.15, 0.2) is 74.4 Å². The van der Waals surface area contributed by atoms with Gasteiger partial charge in [-0.05, 0) is 32.9 Å². The van der Waals surface area contributed by atoms with E-state index in [4.69, 9.17) is 0 Å². The van der Waals surface area contributed by atoms with Crippen molar-refractivity contribution in [3.8, 4) is 17.1 Å². The van der Waals surface area contributed by atoms with Crippen LogP contribution in [0.1, 0.15) is 20.8 Å². The van der Waals surface area contributed by atoms with E-state index >= 15 is 0 Å². The van der Waals surface area contributed by atoms with E-state index in [1.54, 1.807) is 0 Å². The monoisotopic (exact) mass is 363 g/mol. The summed E-state index contributed by atoms with van der Waals surface area (Å²) in [6.45, 7) is 9.33. The molecule has 1 aromatic carbocycles. The van der Waals surface area contributed by atoms with Gasteiger partial charge in [0.1, 0.15) is 42.9 Å². The quantitative estimate of drug-likeness (QED) is 0.469. The molecule has 0 spiro atoms. The fourth-order valence-electron chi connectivity index (χ4n) is 3.28. The lowest BCUT2D eigenvalue weighted by Crippen LogP contribution is -2.29. The van der Waals surface area contributed by atoms with Gasteiger partial charge >= 0.3 is 0 Å². The van der Waals surface area contributed by atoms with Crippen LogP contribution < -0.4 is 13.7 Å². The molecule has 0 N–H and O–H groups in total. The Morgan fingerprint density at radius 1 is 0.630 bits per heavy atom. The summed E-state index contributed by atoms with van der Waals surface area (Å²) in [6.07, 6.45) is 19.1. The van der Waals surface area contributed by atoms with E-state index in [0.717, 1.165) is 36.7 Å². The van der Waals surface area contributed by atoms with Gasteiger partial charge in [0.2, 0.25) is 19.0 Å². The van der Waals surface area contributed by atoms with Crippen LogP contribution in [-0.2, 0) is 19.6 Å². The third-order valence-electron chi connectivity index (χ3n) is 4.98. The van der Waals surface area contributed by atoms with Crippen LogP contribution in [0.25, 0.3) is 17.1 Å². The first-order chi connectivity index (χ1) is 13.2. The fourth-order valence-corrected chi connectivity index (χ4v) is 3.28. The Kier molecular flexibility index (Phi) is 4.62. The van der Waals surface area contributed by atoms with E-state index in [9.17, 15) is 0 Å². The molecule has 0 radical (unpaired) electrons. The second-order valence-electron chi connectivity index (χ2n) is 6.63. The number of aromatic nitrogens is 6. The molecule has 4 aromatic rings. The number of rotatable bonds is 6. The van der Waals surface area contributed by atoms with Gasteiger partial charge in [-0.3, -0.25) is 0 Å². The molecule has 0 atom stereocenters.